The zero-order chi connectivity index (χ0) is 12.6. The Morgan fingerprint density at radius 1 is 0.688 bits per heavy atom. The third-order valence-electron chi connectivity index (χ3n) is 1.66. The average Bonchev–Trinajstić information content (AvgIpc) is 2.32. The molecule has 0 aliphatic rings. The number of hydrogen-bond acceptors (Lipinski definition) is 5. The van der Waals surface area contributed by atoms with Gasteiger partial charge in [-0.2, -0.15) is 0 Å². The van der Waals surface area contributed by atoms with Crippen LogP contribution in [0.3, 0.4) is 0 Å². The smallest absolute Gasteiger partial charge is 0.137 e. The van der Waals surface area contributed by atoms with Crippen molar-refractivity contribution in [3.8, 4) is 0 Å². The Labute approximate surface area is 98.0 Å². The lowest BCUT2D eigenvalue weighted by atomic mass is 10.2. The van der Waals surface area contributed by atoms with E-state index in [-0.39, 0.29) is 5.78 Å². The molecule has 0 heterocycles. The summed E-state index contributed by atoms with van der Waals surface area (Å²) in [5, 5.41) is 0. The lowest BCUT2D eigenvalue weighted by Crippen LogP contribution is -2.05. The first-order valence-electron chi connectivity index (χ1n) is 5.20. The number of carbonyl (C=O) groups is 1. The molecule has 0 aromatic heterocycles. The second-order valence-corrected chi connectivity index (χ2v) is 3.01. The van der Waals surface area contributed by atoms with Crippen molar-refractivity contribution in [3.05, 3.63) is 0 Å². The minimum absolute atomic E-state index is 0.198. The molecule has 0 rings (SSSR count). The molecule has 0 amide bonds. The minimum Gasteiger partial charge on any atom is -0.384 e. The van der Waals surface area contributed by atoms with E-state index >= 15 is 0 Å². The molecule has 0 bridgehead atoms. The van der Waals surface area contributed by atoms with E-state index in [4.69, 9.17) is 9.47 Å². The predicted octanol–water partition coefficient (Wildman–Crippen LogP) is 0.908. The van der Waals surface area contributed by atoms with Crippen LogP contribution in [-0.4, -0.2) is 60.6 Å². The first-order valence-corrected chi connectivity index (χ1v) is 5.20. The van der Waals surface area contributed by atoms with E-state index in [0.717, 1.165) is 0 Å². The van der Waals surface area contributed by atoms with Crippen LogP contribution in [0.2, 0.25) is 0 Å². The molecule has 0 aliphatic heterocycles. The summed E-state index contributed by atoms with van der Waals surface area (Å²) in [5.74, 6) is 0.198. The fourth-order valence-electron chi connectivity index (χ4n) is 0.723. The first-order chi connectivity index (χ1) is 7.72. The lowest BCUT2D eigenvalue weighted by molar-refractivity contribution is -0.120. The number of ether oxygens (including phenoxy) is 4. The van der Waals surface area contributed by atoms with Crippen LogP contribution in [0.15, 0.2) is 0 Å². The summed E-state index contributed by atoms with van der Waals surface area (Å²) in [6.07, 6.45) is 1.000. The quantitative estimate of drug-likeness (QED) is 0.557. The van der Waals surface area contributed by atoms with Crippen molar-refractivity contribution in [1.29, 1.82) is 0 Å². The van der Waals surface area contributed by atoms with Crippen LogP contribution in [-0.2, 0) is 23.7 Å². The van der Waals surface area contributed by atoms with Gasteiger partial charge < -0.3 is 18.9 Å². The number of ketones is 1. The molecule has 0 spiro atoms. The monoisotopic (exact) mass is 236 g/mol. The highest BCUT2D eigenvalue weighted by Crippen LogP contribution is 1.89. The summed E-state index contributed by atoms with van der Waals surface area (Å²) in [7, 11) is 6.48. The Kier molecular flexibility index (Phi) is 18.9. The van der Waals surface area contributed by atoms with Gasteiger partial charge in [0.05, 0.1) is 26.4 Å². The fraction of sp³-hybridized carbons (Fsp3) is 0.909. The molecule has 16 heavy (non-hydrogen) atoms. The van der Waals surface area contributed by atoms with Crippen molar-refractivity contribution in [3.63, 3.8) is 0 Å². The maximum absolute atomic E-state index is 10.8. The van der Waals surface area contributed by atoms with Crippen molar-refractivity contribution < 1.29 is 23.7 Å². The zero-order valence-corrected chi connectivity index (χ0v) is 10.8. The highest BCUT2D eigenvalue weighted by Gasteiger charge is 1.99. The zero-order valence-electron chi connectivity index (χ0n) is 10.8. The van der Waals surface area contributed by atoms with Crippen LogP contribution in [0.5, 0.6) is 0 Å². The molecule has 0 fully saturated rings. The van der Waals surface area contributed by atoms with E-state index in [1.807, 2.05) is 0 Å². The van der Waals surface area contributed by atoms with E-state index in [2.05, 4.69) is 9.47 Å². The largest absolute Gasteiger partial charge is 0.384 e. The molecule has 0 aliphatic carbocycles. The van der Waals surface area contributed by atoms with Gasteiger partial charge in [0.25, 0.3) is 0 Å². The van der Waals surface area contributed by atoms with Crippen molar-refractivity contribution in [2.24, 2.45) is 0 Å². The van der Waals surface area contributed by atoms with Gasteiger partial charge in [-0.3, -0.25) is 4.79 Å². The van der Waals surface area contributed by atoms with E-state index in [1.165, 1.54) is 0 Å². The van der Waals surface area contributed by atoms with E-state index in [1.54, 1.807) is 28.4 Å². The van der Waals surface area contributed by atoms with Gasteiger partial charge in [-0.15, -0.1) is 0 Å². The van der Waals surface area contributed by atoms with Crippen LogP contribution in [0, 0.1) is 0 Å². The SMILES string of the molecule is COCCC(=O)CCOC.COCCOC. The molecule has 0 unspecified atom stereocenters. The Hall–Kier alpha value is -0.490. The van der Waals surface area contributed by atoms with E-state index in [0.29, 0.717) is 39.3 Å². The van der Waals surface area contributed by atoms with Crippen molar-refractivity contribution in [1.82, 2.24) is 0 Å². The summed E-state index contributed by atoms with van der Waals surface area (Å²) < 4.78 is 18.8. The fourth-order valence-corrected chi connectivity index (χ4v) is 0.723. The van der Waals surface area contributed by atoms with Crippen molar-refractivity contribution in [2.45, 2.75) is 12.8 Å². The molecule has 0 saturated heterocycles. The Morgan fingerprint density at radius 3 is 1.25 bits per heavy atom. The third-order valence-corrected chi connectivity index (χ3v) is 1.66. The number of rotatable bonds is 9. The maximum Gasteiger partial charge on any atom is 0.137 e. The molecule has 0 radical (unpaired) electrons. The topological polar surface area (TPSA) is 54.0 Å². The van der Waals surface area contributed by atoms with Gasteiger partial charge in [-0.25, -0.2) is 0 Å². The van der Waals surface area contributed by atoms with Gasteiger partial charge >= 0.3 is 0 Å². The minimum atomic E-state index is 0.198. The number of methoxy groups -OCH3 is 4. The van der Waals surface area contributed by atoms with E-state index < -0.39 is 0 Å². The highest BCUT2D eigenvalue weighted by molar-refractivity contribution is 5.78. The number of Topliss-reactive ketones (excluding diaryl/α,β-unsaturated/α-hetero) is 1. The molecule has 0 aromatic carbocycles. The number of hydrogen-bond donors (Lipinski definition) is 0. The van der Waals surface area contributed by atoms with Gasteiger partial charge in [0.15, 0.2) is 0 Å². The van der Waals surface area contributed by atoms with Crippen LogP contribution in [0.1, 0.15) is 12.8 Å². The Balaban J connectivity index is 0. The molecule has 5 heteroatoms. The summed E-state index contributed by atoms with van der Waals surface area (Å²) in [6.45, 7) is 2.41. The third kappa shape index (κ3) is 19.1. The van der Waals surface area contributed by atoms with Gasteiger partial charge in [-0.1, -0.05) is 0 Å². The van der Waals surface area contributed by atoms with Gasteiger partial charge in [-0.05, 0) is 0 Å². The molecule has 0 N–H and O–H groups in total. The van der Waals surface area contributed by atoms with Gasteiger partial charge in [0, 0.05) is 41.3 Å². The van der Waals surface area contributed by atoms with Gasteiger partial charge in [0.2, 0.25) is 0 Å². The second-order valence-electron chi connectivity index (χ2n) is 3.01. The summed E-state index contributed by atoms with van der Waals surface area (Å²) in [4.78, 5) is 10.8. The van der Waals surface area contributed by atoms with Gasteiger partial charge in [0.1, 0.15) is 5.78 Å². The predicted molar refractivity (Wildman–Crippen MR) is 61.7 cm³/mol. The summed E-state index contributed by atoms with van der Waals surface area (Å²) >= 11 is 0. The second kappa shape index (κ2) is 16.9. The van der Waals surface area contributed by atoms with Crippen LogP contribution in [0.4, 0.5) is 0 Å². The van der Waals surface area contributed by atoms with Crippen LogP contribution in [0.25, 0.3) is 0 Å². The normalized spacial score (nSPS) is 9.50. The molecular formula is C11H24O5. The maximum atomic E-state index is 10.8. The molecular weight excluding hydrogens is 212 g/mol. The highest BCUT2D eigenvalue weighted by atomic mass is 16.5. The van der Waals surface area contributed by atoms with Crippen LogP contribution >= 0.6 is 0 Å². The molecule has 0 saturated carbocycles. The van der Waals surface area contributed by atoms with Crippen molar-refractivity contribution in [2.75, 3.05) is 54.9 Å². The van der Waals surface area contributed by atoms with E-state index in [9.17, 15) is 4.79 Å². The first kappa shape index (κ1) is 17.9. The lowest BCUT2D eigenvalue weighted by Gasteiger charge is -1.97. The molecule has 98 valence electrons. The van der Waals surface area contributed by atoms with Crippen LogP contribution < -0.4 is 0 Å². The number of carbonyl (C=O) groups excluding carboxylic acids is 1. The summed E-state index contributed by atoms with van der Waals surface area (Å²) in [6, 6.07) is 0. The molecule has 0 aromatic rings. The molecule has 0 atom stereocenters. The van der Waals surface area contributed by atoms with Crippen molar-refractivity contribution >= 4 is 5.78 Å². The summed E-state index contributed by atoms with van der Waals surface area (Å²) in [5.41, 5.74) is 0. The molecule has 5 nitrogen and oxygen atoms in total. The Morgan fingerprint density at radius 2 is 1.00 bits per heavy atom. The standard InChI is InChI=1S/C7H14O3.C4H10O2/c1-9-5-3-7(8)4-6-10-2;1-5-3-4-6-2/h3-6H2,1-2H3;3-4H2,1-2H3. The average molecular weight is 236 g/mol. The Bertz CT molecular complexity index is 124.